The molecule has 0 aromatic heterocycles. The second kappa shape index (κ2) is 10.2. The van der Waals surface area contributed by atoms with Crippen LogP contribution < -0.4 is 14.3 Å². The fraction of sp³-hybridized carbons (Fsp3) is 0.0741. The van der Waals surface area contributed by atoms with Gasteiger partial charge in [0.05, 0.1) is 26.2 Å². The molecule has 39 heavy (non-hydrogen) atoms. The van der Waals surface area contributed by atoms with Crippen molar-refractivity contribution in [2.45, 2.75) is 16.7 Å². The van der Waals surface area contributed by atoms with Gasteiger partial charge in [-0.1, -0.05) is 53.0 Å². The van der Waals surface area contributed by atoms with E-state index in [1.807, 2.05) is 13.0 Å². The van der Waals surface area contributed by atoms with E-state index in [0.29, 0.717) is 22.0 Å². The number of carbonyl (C=O) groups excluding carboxylic acids is 1. The lowest BCUT2D eigenvalue weighted by Crippen LogP contribution is -2.40. The monoisotopic (exact) mass is 601 g/mol. The molecule has 0 atom stereocenters. The fourth-order valence-corrected chi connectivity index (χ4v) is 7.48. The molecule has 0 spiro atoms. The van der Waals surface area contributed by atoms with Crippen LogP contribution in [0.2, 0.25) is 10.0 Å². The maximum absolute atomic E-state index is 13.4. The number of rotatable bonds is 6. The van der Waals surface area contributed by atoms with Crippen molar-refractivity contribution in [2.24, 2.45) is 0 Å². The highest BCUT2D eigenvalue weighted by molar-refractivity contribution is 7.93. The third-order valence-corrected chi connectivity index (χ3v) is 9.82. The lowest BCUT2D eigenvalue weighted by Gasteiger charge is -2.31. The predicted octanol–water partition coefficient (Wildman–Crippen LogP) is 5.92. The summed E-state index contributed by atoms with van der Waals surface area (Å²) in [4.78, 5) is 13.0. The highest BCUT2D eigenvalue weighted by atomic mass is 35.5. The van der Waals surface area contributed by atoms with Crippen LogP contribution in [0.15, 0.2) is 94.7 Å². The molecule has 8 nitrogen and oxygen atoms in total. The molecule has 1 aliphatic rings. The third kappa shape index (κ3) is 5.33. The van der Waals surface area contributed by atoms with Crippen LogP contribution in [0, 0.1) is 6.92 Å². The first-order valence-electron chi connectivity index (χ1n) is 11.6. The molecular weight excluding hydrogens is 581 g/mol. The van der Waals surface area contributed by atoms with Crippen molar-refractivity contribution >= 4 is 66.2 Å². The number of sulfonamides is 2. The molecule has 1 amide bonds. The fourth-order valence-electron chi connectivity index (χ4n) is 4.24. The standard InChI is InChI=1S/C27H21Cl2N3O5S2/c1-17-6-13-25-22(14-17)21-4-2-3-5-26(21)39(36,37)32(25)16-27(33)30-19-8-10-20(11-9-19)38(34,35)31-24-12-7-18(28)15-23(24)29/h2-15,31H,16H2,1H3,(H,30,33). The number of anilines is 3. The first kappa shape index (κ1) is 27.0. The topological polar surface area (TPSA) is 113 Å². The van der Waals surface area contributed by atoms with Crippen LogP contribution in [-0.4, -0.2) is 29.3 Å². The lowest BCUT2D eigenvalue weighted by atomic mass is 10.0. The zero-order valence-electron chi connectivity index (χ0n) is 20.4. The Morgan fingerprint density at radius 1 is 0.897 bits per heavy atom. The molecule has 4 aromatic carbocycles. The summed E-state index contributed by atoms with van der Waals surface area (Å²) >= 11 is 11.9. The number of halogens is 2. The van der Waals surface area contributed by atoms with Crippen LogP contribution in [0.5, 0.6) is 0 Å². The van der Waals surface area contributed by atoms with Gasteiger partial charge in [-0.25, -0.2) is 16.8 Å². The zero-order valence-corrected chi connectivity index (χ0v) is 23.5. The lowest BCUT2D eigenvalue weighted by molar-refractivity contribution is -0.114. The van der Waals surface area contributed by atoms with Gasteiger partial charge in [-0.3, -0.25) is 13.8 Å². The number of aryl methyl sites for hydroxylation is 1. The normalized spacial score (nSPS) is 13.8. The van der Waals surface area contributed by atoms with Crippen molar-refractivity contribution in [3.8, 4) is 11.1 Å². The first-order valence-corrected chi connectivity index (χ1v) is 15.2. The van der Waals surface area contributed by atoms with Crippen LogP contribution in [0.1, 0.15) is 5.56 Å². The molecule has 0 unspecified atom stereocenters. The summed E-state index contributed by atoms with van der Waals surface area (Å²) in [6.45, 7) is 1.44. The van der Waals surface area contributed by atoms with Crippen molar-refractivity contribution < 1.29 is 21.6 Å². The van der Waals surface area contributed by atoms with Gasteiger partial charge in [0.25, 0.3) is 20.0 Å². The van der Waals surface area contributed by atoms with Gasteiger partial charge < -0.3 is 5.32 Å². The summed E-state index contributed by atoms with van der Waals surface area (Å²) in [5.41, 5.74) is 3.12. The highest BCUT2D eigenvalue weighted by Gasteiger charge is 2.35. The van der Waals surface area contributed by atoms with E-state index in [-0.39, 0.29) is 20.5 Å². The number of hydrogen-bond acceptors (Lipinski definition) is 5. The molecule has 0 fully saturated rings. The Kier molecular flexibility index (Phi) is 7.06. The van der Waals surface area contributed by atoms with Crippen molar-refractivity contribution in [3.05, 3.63) is 101 Å². The number of nitrogens with zero attached hydrogens (tertiary/aromatic N) is 1. The average molecular weight is 603 g/mol. The van der Waals surface area contributed by atoms with E-state index in [9.17, 15) is 21.6 Å². The summed E-state index contributed by atoms with van der Waals surface area (Å²) in [5, 5.41) is 3.15. The van der Waals surface area contributed by atoms with Crippen LogP contribution in [0.25, 0.3) is 11.1 Å². The van der Waals surface area contributed by atoms with Gasteiger partial charge in [0, 0.05) is 21.8 Å². The number of hydrogen-bond donors (Lipinski definition) is 2. The van der Waals surface area contributed by atoms with Crippen LogP contribution in [-0.2, 0) is 24.8 Å². The summed E-state index contributed by atoms with van der Waals surface area (Å²) < 4.78 is 55.9. The van der Waals surface area contributed by atoms with Crippen molar-refractivity contribution in [1.82, 2.24) is 0 Å². The van der Waals surface area contributed by atoms with Crippen LogP contribution >= 0.6 is 23.2 Å². The number of nitrogens with one attached hydrogen (secondary N) is 2. The second-order valence-corrected chi connectivity index (χ2v) is 13.2. The highest BCUT2D eigenvalue weighted by Crippen LogP contribution is 2.43. The molecule has 0 saturated carbocycles. The van der Waals surface area contributed by atoms with E-state index in [1.54, 1.807) is 30.3 Å². The summed E-state index contributed by atoms with van der Waals surface area (Å²) in [5.74, 6) is -0.592. The maximum atomic E-state index is 13.4. The number of fused-ring (bicyclic) bond motifs is 3. The Hall–Kier alpha value is -3.57. The van der Waals surface area contributed by atoms with Crippen molar-refractivity contribution in [2.75, 3.05) is 20.9 Å². The number of carbonyl (C=O) groups is 1. The predicted molar refractivity (Wildman–Crippen MR) is 153 cm³/mol. The molecule has 1 aliphatic heterocycles. The minimum Gasteiger partial charge on any atom is -0.325 e. The van der Waals surface area contributed by atoms with Gasteiger partial charge >= 0.3 is 0 Å². The molecule has 5 rings (SSSR count). The van der Waals surface area contributed by atoms with E-state index in [2.05, 4.69) is 10.0 Å². The number of benzene rings is 4. The second-order valence-electron chi connectivity index (χ2n) is 8.83. The third-order valence-electron chi connectivity index (χ3n) is 6.08. The maximum Gasteiger partial charge on any atom is 0.265 e. The van der Waals surface area contributed by atoms with Gasteiger partial charge in [-0.05, 0) is 67.6 Å². The Morgan fingerprint density at radius 2 is 1.62 bits per heavy atom. The smallest absolute Gasteiger partial charge is 0.265 e. The molecule has 0 aliphatic carbocycles. The minimum atomic E-state index is -3.99. The Labute approximate surface area is 236 Å². The van der Waals surface area contributed by atoms with E-state index in [4.69, 9.17) is 23.2 Å². The molecule has 1 heterocycles. The molecule has 4 aromatic rings. The Bertz CT molecular complexity index is 1830. The molecule has 200 valence electrons. The zero-order chi connectivity index (χ0) is 27.9. The average Bonchev–Trinajstić information content (AvgIpc) is 2.89. The summed E-state index contributed by atoms with van der Waals surface area (Å²) in [6, 6.07) is 21.9. The first-order chi connectivity index (χ1) is 18.5. The molecule has 2 N–H and O–H groups in total. The van der Waals surface area contributed by atoms with Crippen molar-refractivity contribution in [3.63, 3.8) is 0 Å². The van der Waals surface area contributed by atoms with Gasteiger partial charge in [0.15, 0.2) is 0 Å². The van der Waals surface area contributed by atoms with Crippen molar-refractivity contribution in [1.29, 1.82) is 0 Å². The molecule has 0 saturated heterocycles. The quantitative estimate of drug-likeness (QED) is 0.285. The Morgan fingerprint density at radius 3 is 2.33 bits per heavy atom. The van der Waals surface area contributed by atoms with E-state index < -0.39 is 32.5 Å². The Balaban J connectivity index is 1.35. The minimum absolute atomic E-state index is 0.0639. The van der Waals surface area contributed by atoms with Gasteiger partial charge in [-0.15, -0.1) is 0 Å². The molecule has 0 radical (unpaired) electrons. The molecule has 12 heteroatoms. The van der Waals surface area contributed by atoms with E-state index in [1.165, 1.54) is 48.5 Å². The SMILES string of the molecule is Cc1ccc2c(c1)-c1ccccc1S(=O)(=O)N2CC(=O)Nc1ccc(S(=O)(=O)Nc2ccc(Cl)cc2Cl)cc1. The summed E-state index contributed by atoms with van der Waals surface area (Å²) in [7, 11) is -7.97. The van der Waals surface area contributed by atoms with E-state index in [0.717, 1.165) is 15.4 Å². The van der Waals surface area contributed by atoms with Crippen LogP contribution in [0.3, 0.4) is 0 Å². The molecule has 0 bridgehead atoms. The molecular formula is C27H21Cl2N3O5S2. The van der Waals surface area contributed by atoms with Gasteiger partial charge in [0.2, 0.25) is 5.91 Å². The summed E-state index contributed by atoms with van der Waals surface area (Å²) in [6.07, 6.45) is 0. The van der Waals surface area contributed by atoms with Gasteiger partial charge in [0.1, 0.15) is 6.54 Å². The number of amides is 1. The largest absolute Gasteiger partial charge is 0.325 e. The van der Waals surface area contributed by atoms with Crippen LogP contribution in [0.4, 0.5) is 17.1 Å². The van der Waals surface area contributed by atoms with E-state index >= 15 is 0 Å². The van der Waals surface area contributed by atoms with Gasteiger partial charge in [-0.2, -0.15) is 0 Å².